The molecule has 0 N–H and O–H groups in total. The Morgan fingerprint density at radius 1 is 1.07 bits per heavy atom. The van der Waals surface area contributed by atoms with Gasteiger partial charge >= 0.3 is 0 Å². The lowest BCUT2D eigenvalue weighted by atomic mass is 10.2. The molecule has 0 spiro atoms. The van der Waals surface area contributed by atoms with Crippen LogP contribution in [0.25, 0.3) is 11.5 Å². The summed E-state index contributed by atoms with van der Waals surface area (Å²) in [6, 6.07) is 15.6. The van der Waals surface area contributed by atoms with Gasteiger partial charge in [0.1, 0.15) is 5.75 Å². The minimum atomic E-state index is 0.533. The van der Waals surface area contributed by atoms with Gasteiger partial charge in [0, 0.05) is 42.5 Å². The van der Waals surface area contributed by atoms with Crippen molar-refractivity contribution < 1.29 is 9.26 Å². The van der Waals surface area contributed by atoms with E-state index in [9.17, 15) is 0 Å². The normalized spacial score (nSPS) is 15.1. The van der Waals surface area contributed by atoms with Gasteiger partial charge in [-0.05, 0) is 42.5 Å². The number of hydrogen-bond donors (Lipinski definition) is 0. The number of benzene rings is 2. The van der Waals surface area contributed by atoms with E-state index in [1.165, 1.54) is 5.69 Å². The third kappa shape index (κ3) is 4.23. The highest BCUT2D eigenvalue weighted by Gasteiger charge is 2.19. The molecule has 2 heterocycles. The molecule has 1 aromatic heterocycles. The van der Waals surface area contributed by atoms with Crippen molar-refractivity contribution in [1.29, 1.82) is 0 Å². The van der Waals surface area contributed by atoms with Gasteiger partial charge in [0.25, 0.3) is 5.89 Å². The Bertz CT molecular complexity index is 889. The summed E-state index contributed by atoms with van der Waals surface area (Å²) in [4.78, 5) is 9.21. The smallest absolute Gasteiger partial charge is 0.257 e. The van der Waals surface area contributed by atoms with Gasteiger partial charge in [-0.1, -0.05) is 22.8 Å². The zero-order chi connectivity index (χ0) is 18.6. The highest BCUT2D eigenvalue weighted by Crippen LogP contribution is 2.23. The SMILES string of the molecule is COc1ccc(-c2nc(CN3CCN(c4cccc(Cl)c4)CC3)no2)cc1. The van der Waals surface area contributed by atoms with Crippen LogP contribution in [0.2, 0.25) is 5.02 Å². The molecular formula is C20H21ClN4O2. The minimum Gasteiger partial charge on any atom is -0.497 e. The van der Waals surface area contributed by atoms with Crippen LogP contribution >= 0.6 is 11.6 Å². The predicted octanol–water partition coefficient (Wildman–Crippen LogP) is 3.72. The van der Waals surface area contributed by atoms with E-state index in [1.807, 2.05) is 42.5 Å². The Balaban J connectivity index is 1.35. The zero-order valence-electron chi connectivity index (χ0n) is 15.1. The van der Waals surface area contributed by atoms with Crippen molar-refractivity contribution in [3.8, 4) is 17.2 Å². The van der Waals surface area contributed by atoms with Crippen molar-refractivity contribution in [2.75, 3.05) is 38.2 Å². The number of piperazine rings is 1. The molecule has 2 aromatic carbocycles. The molecule has 0 unspecified atom stereocenters. The lowest BCUT2D eigenvalue weighted by Crippen LogP contribution is -2.46. The summed E-state index contributed by atoms with van der Waals surface area (Å²) in [6.07, 6.45) is 0. The van der Waals surface area contributed by atoms with Crippen LogP contribution in [0, 0.1) is 0 Å². The van der Waals surface area contributed by atoms with Crippen LogP contribution in [0.15, 0.2) is 53.1 Å². The third-order valence-corrected chi connectivity index (χ3v) is 4.95. The van der Waals surface area contributed by atoms with Crippen LogP contribution < -0.4 is 9.64 Å². The monoisotopic (exact) mass is 384 g/mol. The number of nitrogens with zero attached hydrogens (tertiary/aromatic N) is 4. The first kappa shape index (κ1) is 17.8. The van der Waals surface area contributed by atoms with Crippen LogP contribution in [-0.4, -0.2) is 48.3 Å². The minimum absolute atomic E-state index is 0.533. The molecule has 1 aliphatic rings. The van der Waals surface area contributed by atoms with Crippen LogP contribution in [0.5, 0.6) is 5.75 Å². The highest BCUT2D eigenvalue weighted by molar-refractivity contribution is 6.30. The third-order valence-electron chi connectivity index (χ3n) is 4.72. The van der Waals surface area contributed by atoms with Crippen molar-refractivity contribution in [3.05, 3.63) is 59.4 Å². The standard InChI is InChI=1S/C20H21ClN4O2/c1-26-18-7-5-15(6-8-18)20-22-19(23-27-20)14-24-9-11-25(12-10-24)17-4-2-3-16(21)13-17/h2-8,13H,9-12,14H2,1H3. The van der Waals surface area contributed by atoms with Gasteiger partial charge in [-0.3, -0.25) is 4.90 Å². The second kappa shape index (κ2) is 7.98. The zero-order valence-corrected chi connectivity index (χ0v) is 15.9. The van der Waals surface area contributed by atoms with Crippen molar-refractivity contribution in [1.82, 2.24) is 15.0 Å². The lowest BCUT2D eigenvalue weighted by molar-refractivity contribution is 0.240. The fourth-order valence-electron chi connectivity index (χ4n) is 3.21. The second-order valence-corrected chi connectivity index (χ2v) is 6.92. The van der Waals surface area contributed by atoms with Crippen LogP contribution in [-0.2, 0) is 6.54 Å². The largest absolute Gasteiger partial charge is 0.497 e. The maximum atomic E-state index is 6.10. The number of anilines is 1. The molecule has 1 saturated heterocycles. The molecule has 0 atom stereocenters. The van der Waals surface area contributed by atoms with E-state index in [4.69, 9.17) is 20.9 Å². The highest BCUT2D eigenvalue weighted by atomic mass is 35.5. The Morgan fingerprint density at radius 3 is 2.56 bits per heavy atom. The fourth-order valence-corrected chi connectivity index (χ4v) is 3.39. The molecule has 7 heteroatoms. The molecule has 0 bridgehead atoms. The number of aromatic nitrogens is 2. The molecule has 27 heavy (non-hydrogen) atoms. The van der Waals surface area contributed by atoms with Gasteiger partial charge in [-0.15, -0.1) is 0 Å². The number of ether oxygens (including phenoxy) is 1. The number of methoxy groups -OCH3 is 1. The van der Waals surface area contributed by atoms with E-state index in [2.05, 4.69) is 26.0 Å². The number of halogens is 1. The van der Waals surface area contributed by atoms with E-state index < -0.39 is 0 Å². The van der Waals surface area contributed by atoms with Gasteiger partial charge in [0.15, 0.2) is 5.82 Å². The summed E-state index contributed by atoms with van der Waals surface area (Å²) >= 11 is 6.10. The topological polar surface area (TPSA) is 54.6 Å². The molecule has 6 nitrogen and oxygen atoms in total. The van der Waals surface area contributed by atoms with Crippen LogP contribution in [0.3, 0.4) is 0 Å². The summed E-state index contributed by atoms with van der Waals surface area (Å²) in [7, 11) is 1.64. The summed E-state index contributed by atoms with van der Waals surface area (Å²) in [6.45, 7) is 4.47. The molecule has 0 amide bonds. The Kier molecular flexibility index (Phi) is 5.27. The Hall–Kier alpha value is -2.57. The van der Waals surface area contributed by atoms with Crippen LogP contribution in [0.4, 0.5) is 5.69 Å². The maximum absolute atomic E-state index is 6.10. The van der Waals surface area contributed by atoms with Gasteiger partial charge in [0.2, 0.25) is 0 Å². The van der Waals surface area contributed by atoms with Gasteiger partial charge in [0.05, 0.1) is 13.7 Å². The van der Waals surface area contributed by atoms with Gasteiger partial charge in [-0.2, -0.15) is 4.98 Å². The first-order chi connectivity index (χ1) is 13.2. The van der Waals surface area contributed by atoms with E-state index in [-0.39, 0.29) is 0 Å². The van der Waals surface area contributed by atoms with E-state index in [0.717, 1.165) is 42.5 Å². The van der Waals surface area contributed by atoms with Crippen molar-refractivity contribution >= 4 is 17.3 Å². The van der Waals surface area contributed by atoms with Crippen LogP contribution in [0.1, 0.15) is 5.82 Å². The van der Waals surface area contributed by atoms with Gasteiger partial charge < -0.3 is 14.2 Å². The second-order valence-electron chi connectivity index (χ2n) is 6.49. The first-order valence-corrected chi connectivity index (χ1v) is 9.29. The first-order valence-electron chi connectivity index (χ1n) is 8.91. The summed E-state index contributed by atoms with van der Waals surface area (Å²) in [5, 5.41) is 4.90. The maximum Gasteiger partial charge on any atom is 0.257 e. The molecule has 1 fully saturated rings. The molecule has 0 saturated carbocycles. The lowest BCUT2D eigenvalue weighted by Gasteiger charge is -2.35. The van der Waals surface area contributed by atoms with Crippen molar-refractivity contribution in [3.63, 3.8) is 0 Å². The van der Waals surface area contributed by atoms with E-state index >= 15 is 0 Å². The fraction of sp³-hybridized carbons (Fsp3) is 0.300. The van der Waals surface area contributed by atoms with E-state index in [1.54, 1.807) is 7.11 Å². The number of rotatable bonds is 5. The summed E-state index contributed by atoms with van der Waals surface area (Å²) < 4.78 is 10.6. The summed E-state index contributed by atoms with van der Waals surface area (Å²) in [5.74, 6) is 2.04. The average molecular weight is 385 g/mol. The molecule has 140 valence electrons. The molecule has 0 radical (unpaired) electrons. The Labute approximate surface area is 163 Å². The quantitative estimate of drug-likeness (QED) is 0.668. The molecular weight excluding hydrogens is 364 g/mol. The average Bonchev–Trinajstić information content (AvgIpc) is 3.17. The molecule has 3 aromatic rings. The van der Waals surface area contributed by atoms with Crippen molar-refractivity contribution in [2.45, 2.75) is 6.54 Å². The predicted molar refractivity (Wildman–Crippen MR) is 105 cm³/mol. The number of hydrogen-bond acceptors (Lipinski definition) is 6. The molecule has 1 aliphatic heterocycles. The summed E-state index contributed by atoms with van der Waals surface area (Å²) in [5.41, 5.74) is 2.06. The van der Waals surface area contributed by atoms with Crippen molar-refractivity contribution in [2.24, 2.45) is 0 Å². The molecule has 4 rings (SSSR count). The van der Waals surface area contributed by atoms with E-state index in [0.29, 0.717) is 18.3 Å². The molecule has 0 aliphatic carbocycles. The van der Waals surface area contributed by atoms with Gasteiger partial charge in [-0.25, -0.2) is 0 Å². The Morgan fingerprint density at radius 2 is 1.85 bits per heavy atom.